The molecular weight excluding hydrogens is 182 g/mol. The molecule has 2 unspecified atom stereocenters. The van der Waals surface area contributed by atoms with E-state index in [-0.39, 0.29) is 12.6 Å². The molecule has 1 saturated heterocycles. The summed E-state index contributed by atoms with van der Waals surface area (Å²) in [5.41, 5.74) is 0. The van der Waals surface area contributed by atoms with E-state index in [0.29, 0.717) is 25.5 Å². The molecule has 0 aromatic carbocycles. The second-order valence-corrected chi connectivity index (χ2v) is 3.75. The van der Waals surface area contributed by atoms with Gasteiger partial charge in [-0.3, -0.25) is 9.69 Å². The SMILES string of the molecule is CC1CN1CCC(=O)OCCCCO. The quantitative estimate of drug-likeness (QED) is 0.368. The lowest BCUT2D eigenvalue weighted by atomic mass is 10.3. The Bertz CT molecular complexity index is 184. The molecule has 14 heavy (non-hydrogen) atoms. The fourth-order valence-electron chi connectivity index (χ4n) is 1.31. The number of carbonyl (C=O) groups is 1. The Hall–Kier alpha value is -0.610. The molecule has 0 bridgehead atoms. The zero-order valence-electron chi connectivity index (χ0n) is 8.74. The van der Waals surface area contributed by atoms with E-state index < -0.39 is 0 Å². The number of esters is 1. The van der Waals surface area contributed by atoms with Gasteiger partial charge in [-0.05, 0) is 19.8 Å². The van der Waals surface area contributed by atoms with Crippen LogP contribution in [0.3, 0.4) is 0 Å². The third kappa shape index (κ3) is 4.58. The van der Waals surface area contributed by atoms with Crippen molar-refractivity contribution >= 4 is 5.97 Å². The van der Waals surface area contributed by atoms with E-state index in [1.807, 2.05) is 0 Å². The minimum Gasteiger partial charge on any atom is -0.466 e. The molecule has 0 aliphatic carbocycles. The molecule has 1 N–H and O–H groups in total. The lowest BCUT2D eigenvalue weighted by Gasteiger charge is -2.04. The molecule has 1 rings (SSSR count). The second-order valence-electron chi connectivity index (χ2n) is 3.75. The van der Waals surface area contributed by atoms with E-state index in [0.717, 1.165) is 19.5 Å². The summed E-state index contributed by atoms with van der Waals surface area (Å²) >= 11 is 0. The van der Waals surface area contributed by atoms with E-state index in [4.69, 9.17) is 9.84 Å². The molecule has 0 aromatic rings. The van der Waals surface area contributed by atoms with Crippen molar-refractivity contribution in [1.82, 2.24) is 4.90 Å². The Kier molecular flexibility index (Phi) is 4.90. The van der Waals surface area contributed by atoms with Crippen LogP contribution in [0.2, 0.25) is 0 Å². The Morgan fingerprint density at radius 2 is 2.29 bits per heavy atom. The zero-order valence-corrected chi connectivity index (χ0v) is 8.74. The molecular formula is C10H19NO3. The van der Waals surface area contributed by atoms with E-state index in [1.165, 1.54) is 0 Å². The van der Waals surface area contributed by atoms with Crippen molar-refractivity contribution in [3.05, 3.63) is 0 Å². The predicted octanol–water partition coefficient (Wildman–Crippen LogP) is 0.396. The Labute approximate surface area is 84.8 Å². The van der Waals surface area contributed by atoms with E-state index in [9.17, 15) is 4.79 Å². The molecule has 1 aliphatic rings. The largest absolute Gasteiger partial charge is 0.466 e. The second kappa shape index (κ2) is 5.98. The number of aliphatic hydroxyl groups excluding tert-OH is 1. The maximum Gasteiger partial charge on any atom is 0.307 e. The highest BCUT2D eigenvalue weighted by atomic mass is 16.5. The van der Waals surface area contributed by atoms with Crippen LogP contribution in [0.25, 0.3) is 0 Å². The molecule has 0 spiro atoms. The highest BCUT2D eigenvalue weighted by Gasteiger charge is 2.28. The summed E-state index contributed by atoms with van der Waals surface area (Å²) in [5.74, 6) is -0.123. The highest BCUT2D eigenvalue weighted by molar-refractivity contribution is 5.69. The molecule has 1 heterocycles. The molecule has 2 atom stereocenters. The molecule has 1 aliphatic heterocycles. The molecule has 1 fully saturated rings. The van der Waals surface area contributed by atoms with Gasteiger partial charge in [0.05, 0.1) is 13.0 Å². The first-order valence-electron chi connectivity index (χ1n) is 5.24. The summed E-state index contributed by atoms with van der Waals surface area (Å²) in [6.07, 6.45) is 1.95. The van der Waals surface area contributed by atoms with Gasteiger partial charge < -0.3 is 9.84 Å². The monoisotopic (exact) mass is 201 g/mol. The minimum atomic E-state index is -0.123. The molecule has 4 nitrogen and oxygen atoms in total. The van der Waals surface area contributed by atoms with Crippen molar-refractivity contribution in [3.8, 4) is 0 Å². The summed E-state index contributed by atoms with van der Waals surface area (Å²) in [6.45, 7) is 4.68. The highest BCUT2D eigenvalue weighted by Crippen LogP contribution is 2.15. The molecule has 0 radical (unpaired) electrons. The minimum absolute atomic E-state index is 0.123. The first-order chi connectivity index (χ1) is 6.74. The number of carbonyl (C=O) groups excluding carboxylic acids is 1. The van der Waals surface area contributed by atoms with E-state index >= 15 is 0 Å². The maximum absolute atomic E-state index is 11.1. The maximum atomic E-state index is 11.1. The summed E-state index contributed by atoms with van der Waals surface area (Å²) in [4.78, 5) is 13.4. The van der Waals surface area contributed by atoms with Gasteiger partial charge in [-0.25, -0.2) is 0 Å². The number of rotatable bonds is 7. The van der Waals surface area contributed by atoms with Crippen molar-refractivity contribution < 1.29 is 14.6 Å². The zero-order chi connectivity index (χ0) is 10.4. The molecule has 4 heteroatoms. The summed E-state index contributed by atoms with van der Waals surface area (Å²) in [5, 5.41) is 8.50. The van der Waals surface area contributed by atoms with Crippen LogP contribution in [0.4, 0.5) is 0 Å². The fraction of sp³-hybridized carbons (Fsp3) is 0.900. The average molecular weight is 201 g/mol. The van der Waals surface area contributed by atoms with Crippen LogP contribution in [0.5, 0.6) is 0 Å². The van der Waals surface area contributed by atoms with Crippen molar-refractivity contribution in [3.63, 3.8) is 0 Å². The first-order valence-corrected chi connectivity index (χ1v) is 5.24. The first kappa shape index (κ1) is 11.5. The van der Waals surface area contributed by atoms with Gasteiger partial charge in [-0.2, -0.15) is 0 Å². The Morgan fingerprint density at radius 1 is 1.57 bits per heavy atom. The van der Waals surface area contributed by atoms with Crippen molar-refractivity contribution in [2.75, 3.05) is 26.3 Å². The van der Waals surface area contributed by atoms with Gasteiger partial charge in [0.1, 0.15) is 0 Å². The number of hydrogen-bond acceptors (Lipinski definition) is 4. The fourth-order valence-corrected chi connectivity index (χ4v) is 1.31. The Balaban J connectivity index is 1.88. The van der Waals surface area contributed by atoms with Gasteiger partial charge in [0.2, 0.25) is 0 Å². The average Bonchev–Trinajstić information content (AvgIpc) is 2.86. The lowest BCUT2D eigenvalue weighted by Crippen LogP contribution is -2.12. The number of aliphatic hydroxyl groups is 1. The third-order valence-corrected chi connectivity index (χ3v) is 2.41. The van der Waals surface area contributed by atoms with Crippen LogP contribution in [0, 0.1) is 0 Å². The van der Waals surface area contributed by atoms with Crippen molar-refractivity contribution in [2.24, 2.45) is 0 Å². The van der Waals surface area contributed by atoms with Gasteiger partial charge in [-0.1, -0.05) is 0 Å². The standard InChI is InChI=1S/C10H19NO3/c1-9-8-11(9)5-4-10(13)14-7-3-2-6-12/h9,12H,2-8H2,1H3. The third-order valence-electron chi connectivity index (χ3n) is 2.41. The van der Waals surface area contributed by atoms with E-state index in [1.54, 1.807) is 0 Å². The van der Waals surface area contributed by atoms with Crippen molar-refractivity contribution in [1.29, 1.82) is 0 Å². The van der Waals surface area contributed by atoms with Crippen LogP contribution >= 0.6 is 0 Å². The van der Waals surface area contributed by atoms with Crippen molar-refractivity contribution in [2.45, 2.75) is 32.2 Å². The smallest absolute Gasteiger partial charge is 0.307 e. The van der Waals surface area contributed by atoms with Gasteiger partial charge in [0.15, 0.2) is 0 Å². The van der Waals surface area contributed by atoms with Gasteiger partial charge in [-0.15, -0.1) is 0 Å². The molecule has 0 aromatic heterocycles. The van der Waals surface area contributed by atoms with Gasteiger partial charge in [0, 0.05) is 25.7 Å². The topological polar surface area (TPSA) is 49.5 Å². The van der Waals surface area contributed by atoms with Crippen LogP contribution in [-0.2, 0) is 9.53 Å². The molecule has 0 saturated carbocycles. The molecule has 82 valence electrons. The lowest BCUT2D eigenvalue weighted by molar-refractivity contribution is -0.143. The number of hydrogen-bond donors (Lipinski definition) is 1. The van der Waals surface area contributed by atoms with Crippen LogP contribution in [0.1, 0.15) is 26.2 Å². The van der Waals surface area contributed by atoms with E-state index in [2.05, 4.69) is 11.8 Å². The number of ether oxygens (including phenoxy) is 1. The number of unbranched alkanes of at least 4 members (excludes halogenated alkanes) is 1. The van der Waals surface area contributed by atoms with Crippen LogP contribution < -0.4 is 0 Å². The number of nitrogens with zero attached hydrogens (tertiary/aromatic N) is 1. The Morgan fingerprint density at radius 3 is 2.86 bits per heavy atom. The van der Waals surface area contributed by atoms with Gasteiger partial charge in [0.25, 0.3) is 0 Å². The summed E-state index contributed by atoms with van der Waals surface area (Å²) in [7, 11) is 0. The predicted molar refractivity (Wildman–Crippen MR) is 52.9 cm³/mol. The van der Waals surface area contributed by atoms with Crippen LogP contribution in [-0.4, -0.2) is 48.3 Å². The van der Waals surface area contributed by atoms with Crippen LogP contribution in [0.15, 0.2) is 0 Å². The van der Waals surface area contributed by atoms with Gasteiger partial charge >= 0.3 is 5.97 Å². The normalized spacial score (nSPS) is 24.7. The summed E-state index contributed by atoms with van der Waals surface area (Å²) < 4.78 is 4.98. The summed E-state index contributed by atoms with van der Waals surface area (Å²) in [6, 6.07) is 0.650. The molecule has 0 amide bonds.